The number of amides is 2. The molecule has 0 saturated carbocycles. The number of esters is 1. The van der Waals surface area contributed by atoms with Gasteiger partial charge in [0.15, 0.2) is 0 Å². The van der Waals surface area contributed by atoms with Crippen LogP contribution in [-0.4, -0.2) is 60.9 Å². The summed E-state index contributed by atoms with van der Waals surface area (Å²) in [6.45, 7) is 4.57. The van der Waals surface area contributed by atoms with E-state index in [0.29, 0.717) is 35.7 Å². The van der Waals surface area contributed by atoms with Gasteiger partial charge in [-0.2, -0.15) is 0 Å². The van der Waals surface area contributed by atoms with Gasteiger partial charge in [0.05, 0.1) is 19.1 Å². The third-order valence-corrected chi connectivity index (χ3v) is 10.7. The van der Waals surface area contributed by atoms with Gasteiger partial charge in [-0.25, -0.2) is 9.18 Å². The molecule has 1 N–H and O–H groups in total. The number of carbonyl (C=O) groups is 3. The summed E-state index contributed by atoms with van der Waals surface area (Å²) in [6.07, 6.45) is 8.72. The summed E-state index contributed by atoms with van der Waals surface area (Å²) >= 11 is 0. The summed E-state index contributed by atoms with van der Waals surface area (Å²) in [5, 5.41) is 3.46. The zero-order valence-electron chi connectivity index (χ0n) is 30.2. The van der Waals surface area contributed by atoms with E-state index in [1.165, 1.54) is 51.3 Å². The van der Waals surface area contributed by atoms with Gasteiger partial charge in [-0.05, 0) is 121 Å². The van der Waals surface area contributed by atoms with Gasteiger partial charge >= 0.3 is 5.97 Å². The van der Waals surface area contributed by atoms with Crippen molar-refractivity contribution in [3.8, 4) is 11.1 Å². The molecule has 2 amide bonds. The number of carbonyl (C=O) groups excluding carboxylic acids is 3. The number of ether oxygens (including phenoxy) is 1. The average molecular weight is 704 g/mol. The van der Waals surface area contributed by atoms with Crippen LogP contribution in [0, 0.1) is 17.7 Å². The highest BCUT2D eigenvalue weighted by Crippen LogP contribution is 2.28. The Labute approximate surface area is 307 Å². The number of nitrogens with one attached hydrogen (secondary N) is 1. The first-order valence-electron chi connectivity index (χ1n) is 18.7. The fourth-order valence-electron chi connectivity index (χ4n) is 7.62. The Bertz CT molecular complexity index is 1810. The lowest BCUT2D eigenvalue weighted by atomic mass is 9.87. The first kappa shape index (κ1) is 37.0. The molecule has 272 valence electrons. The monoisotopic (exact) mass is 703 g/mol. The van der Waals surface area contributed by atoms with E-state index in [1.807, 2.05) is 59.5 Å². The lowest BCUT2D eigenvalue weighted by molar-refractivity contribution is -0.131. The molecule has 2 aliphatic heterocycles. The fourth-order valence-corrected chi connectivity index (χ4v) is 7.62. The minimum absolute atomic E-state index is 0.0531. The van der Waals surface area contributed by atoms with Gasteiger partial charge < -0.3 is 19.9 Å². The Balaban J connectivity index is 1.10. The molecule has 0 aromatic heterocycles. The van der Waals surface area contributed by atoms with E-state index in [0.717, 1.165) is 67.2 Å². The highest BCUT2D eigenvalue weighted by atomic mass is 19.1. The molecule has 2 fully saturated rings. The summed E-state index contributed by atoms with van der Waals surface area (Å²) in [7, 11) is 1.34. The van der Waals surface area contributed by atoms with Crippen LogP contribution in [0.4, 0.5) is 4.39 Å². The van der Waals surface area contributed by atoms with E-state index in [9.17, 15) is 18.8 Å². The molecule has 2 saturated heterocycles. The molecular weight excluding hydrogens is 653 g/mol. The molecular formula is C44H50FN3O4. The molecule has 0 bridgehead atoms. The van der Waals surface area contributed by atoms with Crippen molar-refractivity contribution >= 4 is 17.8 Å². The van der Waals surface area contributed by atoms with Gasteiger partial charge in [-0.3, -0.25) is 9.59 Å². The van der Waals surface area contributed by atoms with Crippen LogP contribution < -0.4 is 5.32 Å². The van der Waals surface area contributed by atoms with Crippen LogP contribution in [0.5, 0.6) is 0 Å². The maximum Gasteiger partial charge on any atom is 0.337 e. The first-order valence-corrected chi connectivity index (χ1v) is 18.7. The molecule has 0 radical (unpaired) electrons. The van der Waals surface area contributed by atoms with E-state index < -0.39 is 5.97 Å². The molecule has 0 atom stereocenters. The standard InChI is InChI=1S/C44H50FN3O4/c1-52-44(51)37-16-14-34(15-17-37)30-48(42(49)28-35-8-4-13-41(45)27-35)31-36-9-3-10-38(26-36)39-11-5-12-40(29-39)43(50)47-24-20-33(21-25-47)7-2-6-32-18-22-46-23-19-32/h3-5,8-17,26-27,29,32-33,46H,2,6-7,18-25,28,30-31H2,1H3. The normalized spacial score (nSPS) is 15.3. The Morgan fingerprint density at radius 1 is 0.731 bits per heavy atom. The average Bonchev–Trinajstić information content (AvgIpc) is 3.18. The number of piperidine rings is 2. The van der Waals surface area contributed by atoms with Crippen molar-refractivity contribution in [2.75, 3.05) is 33.3 Å². The third-order valence-electron chi connectivity index (χ3n) is 10.7. The van der Waals surface area contributed by atoms with Crippen molar-refractivity contribution in [3.63, 3.8) is 0 Å². The molecule has 2 heterocycles. The molecule has 7 nitrogen and oxygen atoms in total. The summed E-state index contributed by atoms with van der Waals surface area (Å²) < 4.78 is 18.8. The van der Waals surface area contributed by atoms with Crippen LogP contribution in [0.15, 0.2) is 97.1 Å². The number of likely N-dealkylation sites (tertiary alicyclic amines) is 1. The molecule has 8 heteroatoms. The van der Waals surface area contributed by atoms with Crippen LogP contribution >= 0.6 is 0 Å². The Morgan fingerprint density at radius 2 is 1.37 bits per heavy atom. The molecule has 0 spiro atoms. The van der Waals surface area contributed by atoms with Gasteiger partial charge in [-0.15, -0.1) is 0 Å². The number of methoxy groups -OCH3 is 1. The van der Waals surface area contributed by atoms with E-state index in [1.54, 1.807) is 29.2 Å². The third kappa shape index (κ3) is 10.2. The molecule has 52 heavy (non-hydrogen) atoms. The lowest BCUT2D eigenvalue weighted by Crippen LogP contribution is -2.38. The minimum atomic E-state index is -0.425. The Hall–Kier alpha value is -4.82. The number of halogens is 1. The molecule has 2 aliphatic rings. The second-order valence-electron chi connectivity index (χ2n) is 14.4. The molecule has 0 aliphatic carbocycles. The maximum atomic E-state index is 14.0. The molecule has 0 unspecified atom stereocenters. The first-order chi connectivity index (χ1) is 25.3. The molecule has 6 rings (SSSR count). The predicted molar refractivity (Wildman–Crippen MR) is 202 cm³/mol. The zero-order chi connectivity index (χ0) is 36.3. The van der Waals surface area contributed by atoms with Crippen LogP contribution in [0.25, 0.3) is 11.1 Å². The number of hydrogen-bond acceptors (Lipinski definition) is 5. The second kappa shape index (κ2) is 18.1. The van der Waals surface area contributed by atoms with E-state index in [2.05, 4.69) is 11.4 Å². The fraction of sp³-hybridized carbons (Fsp3) is 0.386. The van der Waals surface area contributed by atoms with Crippen LogP contribution in [0.1, 0.15) is 82.4 Å². The van der Waals surface area contributed by atoms with Crippen molar-refractivity contribution in [3.05, 3.63) is 131 Å². The predicted octanol–water partition coefficient (Wildman–Crippen LogP) is 8.07. The van der Waals surface area contributed by atoms with Crippen molar-refractivity contribution in [1.82, 2.24) is 15.1 Å². The minimum Gasteiger partial charge on any atom is -0.465 e. The van der Waals surface area contributed by atoms with Crippen LogP contribution in [0.3, 0.4) is 0 Å². The van der Waals surface area contributed by atoms with E-state index in [4.69, 9.17) is 4.74 Å². The zero-order valence-corrected chi connectivity index (χ0v) is 30.2. The quantitative estimate of drug-likeness (QED) is 0.143. The van der Waals surface area contributed by atoms with E-state index in [-0.39, 0.29) is 24.1 Å². The summed E-state index contributed by atoms with van der Waals surface area (Å²) in [6, 6.07) is 29.0. The summed E-state index contributed by atoms with van der Waals surface area (Å²) in [4.78, 5) is 43.1. The van der Waals surface area contributed by atoms with Crippen molar-refractivity contribution < 1.29 is 23.5 Å². The highest BCUT2D eigenvalue weighted by molar-refractivity contribution is 5.95. The molecule has 4 aromatic carbocycles. The lowest BCUT2D eigenvalue weighted by Gasteiger charge is -2.32. The van der Waals surface area contributed by atoms with Gasteiger partial charge in [0, 0.05) is 31.7 Å². The van der Waals surface area contributed by atoms with Crippen molar-refractivity contribution in [1.29, 1.82) is 0 Å². The number of rotatable bonds is 13. The van der Waals surface area contributed by atoms with Crippen LogP contribution in [0.2, 0.25) is 0 Å². The number of hydrogen-bond donors (Lipinski definition) is 1. The Morgan fingerprint density at radius 3 is 2.08 bits per heavy atom. The van der Waals surface area contributed by atoms with E-state index >= 15 is 0 Å². The highest BCUT2D eigenvalue weighted by Gasteiger charge is 2.24. The van der Waals surface area contributed by atoms with Crippen molar-refractivity contribution in [2.24, 2.45) is 11.8 Å². The maximum absolute atomic E-state index is 14.0. The van der Waals surface area contributed by atoms with Crippen LogP contribution in [-0.2, 0) is 29.0 Å². The molecule has 4 aromatic rings. The smallest absolute Gasteiger partial charge is 0.337 e. The SMILES string of the molecule is COC(=O)c1ccc(CN(Cc2cccc(-c3cccc(C(=O)N4CCC(CCCC5CCNCC5)CC4)c3)c2)C(=O)Cc2cccc(F)c2)cc1. The van der Waals surface area contributed by atoms with Crippen molar-refractivity contribution in [2.45, 2.75) is 64.5 Å². The van der Waals surface area contributed by atoms with Gasteiger partial charge in [0.1, 0.15) is 5.82 Å². The second-order valence-corrected chi connectivity index (χ2v) is 14.4. The topological polar surface area (TPSA) is 79.0 Å². The Kier molecular flexibility index (Phi) is 12.9. The van der Waals surface area contributed by atoms with Gasteiger partial charge in [0.25, 0.3) is 5.91 Å². The summed E-state index contributed by atoms with van der Waals surface area (Å²) in [5.41, 5.74) is 5.40. The largest absolute Gasteiger partial charge is 0.465 e. The van der Waals surface area contributed by atoms with Gasteiger partial charge in [-0.1, -0.05) is 73.9 Å². The number of nitrogens with zero attached hydrogens (tertiary/aromatic N) is 2. The summed E-state index contributed by atoms with van der Waals surface area (Å²) in [5.74, 6) is 0.713. The van der Waals surface area contributed by atoms with Gasteiger partial charge in [0.2, 0.25) is 5.91 Å². The number of benzene rings is 4.